The third-order valence-electron chi connectivity index (χ3n) is 5.66. The largest absolute Gasteiger partial charge is 0.361 e. The highest BCUT2D eigenvalue weighted by Gasteiger charge is 2.22. The van der Waals surface area contributed by atoms with Crippen molar-refractivity contribution in [2.45, 2.75) is 36.6 Å². The molecule has 1 N–H and O–H groups in total. The smallest absolute Gasteiger partial charge is 0.178 e. The van der Waals surface area contributed by atoms with Gasteiger partial charge in [0.2, 0.25) is 0 Å². The molecule has 1 aliphatic rings. The zero-order valence-corrected chi connectivity index (χ0v) is 16.5. The van der Waals surface area contributed by atoms with Crippen molar-refractivity contribution in [3.63, 3.8) is 0 Å². The zero-order chi connectivity index (χ0) is 19.7. The van der Waals surface area contributed by atoms with Crippen molar-refractivity contribution in [3.05, 3.63) is 65.9 Å². The van der Waals surface area contributed by atoms with Gasteiger partial charge in [-0.15, -0.1) is 0 Å². The van der Waals surface area contributed by atoms with E-state index in [1.807, 2.05) is 24.4 Å². The van der Waals surface area contributed by atoms with Gasteiger partial charge in [0.15, 0.2) is 11.2 Å². The van der Waals surface area contributed by atoms with Crippen molar-refractivity contribution in [1.29, 1.82) is 0 Å². The highest BCUT2D eigenvalue weighted by molar-refractivity contribution is 7.91. The predicted molar refractivity (Wildman–Crippen MR) is 110 cm³/mol. The summed E-state index contributed by atoms with van der Waals surface area (Å²) in [7, 11) is -1.13. The second kappa shape index (κ2) is 7.49. The topological polar surface area (TPSA) is 53.2 Å². The van der Waals surface area contributed by atoms with Gasteiger partial charge in [0.1, 0.15) is 0 Å². The number of nitrogens with zero attached hydrogens (tertiary/aromatic N) is 1. The van der Waals surface area contributed by atoms with Crippen LogP contribution in [0, 0.1) is 0 Å². The lowest BCUT2D eigenvalue weighted by Crippen LogP contribution is -2.26. The van der Waals surface area contributed by atoms with Crippen molar-refractivity contribution >= 4 is 20.7 Å². The number of likely N-dealkylation sites (tertiary alicyclic amines) is 1. The Bertz CT molecular complexity index is 1080. The summed E-state index contributed by atoms with van der Waals surface area (Å²) >= 11 is 0. The number of likely N-dealkylation sites (N-methyl/N-ethyl adjacent to an activating group) is 1. The Morgan fingerprint density at radius 3 is 2.78 bits per heavy atom. The quantitative estimate of drug-likeness (QED) is 0.704. The first-order valence-electron chi connectivity index (χ1n) is 9.99. The molecule has 3 aromatic rings. The Labute approximate surface area is 162 Å². The summed E-state index contributed by atoms with van der Waals surface area (Å²) in [6.07, 6.45) is 5.73. The molecule has 1 aromatic heterocycles. The van der Waals surface area contributed by atoms with Gasteiger partial charge in [-0.1, -0.05) is 24.3 Å². The Morgan fingerprint density at radius 1 is 1.22 bits per heavy atom. The minimum Gasteiger partial charge on any atom is -0.361 e. The number of fused-ring (bicyclic) bond motifs is 1. The fourth-order valence-corrected chi connectivity index (χ4v) is 5.29. The van der Waals surface area contributed by atoms with Crippen molar-refractivity contribution in [2.75, 3.05) is 19.3 Å². The molecule has 1 saturated heterocycles. The first kappa shape index (κ1) is 17.0. The van der Waals surface area contributed by atoms with Crippen LogP contribution in [0.15, 0.2) is 59.6 Å². The summed E-state index contributed by atoms with van der Waals surface area (Å²) in [5.41, 5.74) is 3.06. The van der Waals surface area contributed by atoms with Crippen LogP contribution in [0.25, 0.3) is 10.9 Å². The van der Waals surface area contributed by atoms with Crippen molar-refractivity contribution in [2.24, 2.45) is 0 Å². The van der Waals surface area contributed by atoms with Gasteiger partial charge in [0, 0.05) is 23.1 Å². The molecule has 0 spiro atoms. The summed E-state index contributed by atoms with van der Waals surface area (Å²) in [5.74, 6) is 0.0881. The minimum atomic E-state index is -3.29. The monoisotopic (exact) mass is 383 g/mol. The van der Waals surface area contributed by atoms with Gasteiger partial charge in [-0.25, -0.2) is 8.42 Å². The number of aromatic amines is 1. The summed E-state index contributed by atoms with van der Waals surface area (Å²) in [6, 6.07) is 15.1. The molecule has 1 fully saturated rings. The number of sulfone groups is 1. The molecule has 1 aliphatic heterocycles. The normalized spacial score (nSPS) is 18.9. The molecule has 0 saturated carbocycles. The number of hydrogen-bond acceptors (Lipinski definition) is 3. The molecule has 0 amide bonds. The van der Waals surface area contributed by atoms with Gasteiger partial charge in [-0.05, 0) is 74.7 Å². The summed E-state index contributed by atoms with van der Waals surface area (Å²) in [4.78, 5) is 4.20. The van der Waals surface area contributed by atoms with E-state index in [2.05, 4.69) is 18.0 Å². The van der Waals surface area contributed by atoms with E-state index in [0.29, 0.717) is 17.4 Å². The molecule has 0 radical (unpaired) electrons. The molecule has 0 aliphatic carbocycles. The minimum absolute atomic E-state index is 0.0881. The van der Waals surface area contributed by atoms with E-state index in [9.17, 15) is 8.42 Å². The van der Waals surface area contributed by atoms with E-state index in [1.54, 1.807) is 24.3 Å². The van der Waals surface area contributed by atoms with Crippen molar-refractivity contribution in [1.82, 2.24) is 9.88 Å². The third kappa shape index (κ3) is 3.94. The maximum atomic E-state index is 12.6. The molecule has 4 nitrogen and oxygen atoms in total. The Balaban J connectivity index is 1.56. The molecular weight excluding hydrogens is 356 g/mol. The van der Waals surface area contributed by atoms with Crippen molar-refractivity contribution < 1.29 is 9.83 Å². The van der Waals surface area contributed by atoms with E-state index < -0.39 is 9.84 Å². The second-order valence-electron chi connectivity index (χ2n) is 7.50. The molecule has 2 aromatic carbocycles. The molecule has 0 bridgehead atoms. The third-order valence-corrected chi connectivity index (χ3v) is 7.39. The van der Waals surface area contributed by atoms with E-state index in [4.69, 9.17) is 1.41 Å². The van der Waals surface area contributed by atoms with Gasteiger partial charge in [-0.3, -0.25) is 0 Å². The van der Waals surface area contributed by atoms with Crippen molar-refractivity contribution in [3.8, 4) is 0 Å². The number of hydrogen-bond donors (Lipinski definition) is 1. The van der Waals surface area contributed by atoms with Gasteiger partial charge < -0.3 is 9.88 Å². The van der Waals surface area contributed by atoms with E-state index >= 15 is 0 Å². The van der Waals surface area contributed by atoms with Crippen LogP contribution in [-0.2, 0) is 22.7 Å². The van der Waals surface area contributed by atoms with Crippen LogP contribution in [0.5, 0.6) is 0 Å². The highest BCUT2D eigenvalue weighted by atomic mass is 32.2. The van der Waals surface area contributed by atoms with Crippen LogP contribution in [0.3, 0.4) is 0 Å². The van der Waals surface area contributed by atoms with E-state index in [-0.39, 0.29) is 5.75 Å². The number of benzene rings is 2. The molecule has 0 unspecified atom stereocenters. The standard InChI is InChI=1S/C22H26N2O2S/c1-24-12-5-6-19(24)15-18-16-23-22-10-9-17(14-21(18)22)11-13-27(25,26)20-7-3-2-4-8-20/h2-4,7-10,14,16,19,23H,5-6,11-13,15H2,1H3/t19-/m1/s1/i/hD. The number of aromatic nitrogens is 1. The molecule has 27 heavy (non-hydrogen) atoms. The van der Waals surface area contributed by atoms with Gasteiger partial charge in [0.05, 0.1) is 10.6 Å². The molecule has 4 rings (SSSR count). The molecular formula is C22H26N2O2S. The average molecular weight is 384 g/mol. The predicted octanol–water partition coefficient (Wildman–Crippen LogP) is 3.82. The van der Waals surface area contributed by atoms with Gasteiger partial charge >= 0.3 is 0 Å². The Kier molecular flexibility index (Phi) is 4.72. The van der Waals surface area contributed by atoms with Crippen LogP contribution in [-0.4, -0.2) is 43.7 Å². The summed E-state index contributed by atoms with van der Waals surface area (Å²) in [5, 5.41) is 1.07. The first-order chi connectivity index (χ1) is 13.4. The molecule has 1 atom stereocenters. The SMILES string of the molecule is [2H]n1cc(C[C@H]2CCCN2C)c2cc(CCS(=O)(=O)c3ccccc3)ccc21. The van der Waals surface area contributed by atoms with Crippen LogP contribution in [0.4, 0.5) is 0 Å². The van der Waals surface area contributed by atoms with Crippen LogP contribution in [0.2, 0.25) is 1.41 Å². The average Bonchev–Trinajstić information content (AvgIpc) is 3.24. The lowest BCUT2D eigenvalue weighted by Gasteiger charge is -2.18. The van der Waals surface area contributed by atoms with Gasteiger partial charge in [0.25, 0.3) is 0 Å². The number of H-pyrrole nitrogens is 1. The fourth-order valence-electron chi connectivity index (χ4n) is 3.98. The molecule has 2 heterocycles. The number of aryl methyl sites for hydroxylation is 1. The Morgan fingerprint density at radius 2 is 2.04 bits per heavy atom. The lowest BCUT2D eigenvalue weighted by atomic mass is 10.0. The highest BCUT2D eigenvalue weighted by Crippen LogP contribution is 2.26. The van der Waals surface area contributed by atoms with E-state index in [1.165, 1.54) is 23.4 Å². The summed E-state index contributed by atoms with van der Waals surface area (Å²) < 4.78 is 33.3. The maximum Gasteiger partial charge on any atom is 0.178 e. The second-order valence-corrected chi connectivity index (χ2v) is 9.61. The van der Waals surface area contributed by atoms with Gasteiger partial charge in [-0.2, -0.15) is 0 Å². The summed E-state index contributed by atoms with van der Waals surface area (Å²) in [6.45, 7) is 1.13. The maximum absolute atomic E-state index is 12.6. The number of rotatable bonds is 6. The Hall–Kier alpha value is -2.11. The molecule has 5 heteroatoms. The van der Waals surface area contributed by atoms with Crippen LogP contribution < -0.4 is 0 Å². The number of nitrogens with one attached hydrogen (secondary N) is 1. The van der Waals surface area contributed by atoms with Crippen LogP contribution >= 0.6 is 0 Å². The van der Waals surface area contributed by atoms with Crippen LogP contribution in [0.1, 0.15) is 24.0 Å². The lowest BCUT2D eigenvalue weighted by molar-refractivity contribution is 0.310. The first-order valence-corrected chi connectivity index (χ1v) is 11.2. The molecule has 142 valence electrons. The fraction of sp³-hybridized carbons (Fsp3) is 0.364. The zero-order valence-electron chi connectivity index (χ0n) is 16.6. The van der Waals surface area contributed by atoms with E-state index in [0.717, 1.165) is 29.4 Å².